The van der Waals surface area contributed by atoms with Crippen molar-refractivity contribution in [1.29, 1.82) is 0 Å². The van der Waals surface area contributed by atoms with Crippen LogP contribution in [0.5, 0.6) is 0 Å². The molecule has 0 rings (SSSR count). The fourth-order valence-corrected chi connectivity index (χ4v) is 12.0. The molecule has 0 bridgehead atoms. The molecule has 0 radical (unpaired) electrons. The monoisotopic (exact) mass is 1290 g/mol. The minimum Gasteiger partial charge on any atom is -0.462 e. The second-order valence-corrected chi connectivity index (χ2v) is 27.3. The molecular weight excluding hydrogens is 1150 g/mol. The van der Waals surface area contributed by atoms with E-state index in [1.54, 1.807) is 0 Å². The maximum atomic E-state index is 12.8. The Balaban J connectivity index is 3.79. The van der Waals surface area contributed by atoms with E-state index in [4.69, 9.17) is 24.3 Å². The number of rotatable bonds is 73. The SMILES string of the molecule is CC/C=C\C/C=C\C/C=C\C/C=C\C/C=C\CCCCCCCCCCCCCCCCCC(=O)OC(COC(=O)CCCCCCCCCCCCCCCCCCCCCCCCCC/C=C\C/C=C\C/C=C\CCCCCCC)COP(=O)(O)OCCN. The molecule has 9 nitrogen and oxygen atoms in total. The van der Waals surface area contributed by atoms with Crippen LogP contribution >= 0.6 is 7.82 Å². The highest BCUT2D eigenvalue weighted by atomic mass is 31.2. The molecule has 0 saturated carbocycles. The van der Waals surface area contributed by atoms with Crippen molar-refractivity contribution >= 4 is 19.8 Å². The van der Waals surface area contributed by atoms with E-state index in [0.717, 1.165) is 83.5 Å². The van der Waals surface area contributed by atoms with Crippen LogP contribution in [0.25, 0.3) is 0 Å². The van der Waals surface area contributed by atoms with Crippen molar-refractivity contribution in [2.45, 2.75) is 380 Å². The first-order chi connectivity index (χ1) is 44.8. The van der Waals surface area contributed by atoms with Crippen molar-refractivity contribution in [2.24, 2.45) is 5.73 Å². The summed E-state index contributed by atoms with van der Waals surface area (Å²) in [6.45, 7) is 3.67. The van der Waals surface area contributed by atoms with E-state index >= 15 is 0 Å². The number of ether oxygens (including phenoxy) is 2. The van der Waals surface area contributed by atoms with Gasteiger partial charge in [-0.25, -0.2) is 4.57 Å². The summed E-state index contributed by atoms with van der Waals surface area (Å²) in [5, 5.41) is 0. The Morgan fingerprint density at radius 2 is 0.604 bits per heavy atom. The van der Waals surface area contributed by atoms with Crippen LogP contribution in [0.4, 0.5) is 0 Å². The van der Waals surface area contributed by atoms with Crippen LogP contribution < -0.4 is 5.73 Å². The van der Waals surface area contributed by atoms with Crippen molar-refractivity contribution in [1.82, 2.24) is 0 Å². The molecule has 0 amide bonds. The van der Waals surface area contributed by atoms with E-state index in [1.165, 1.54) is 257 Å². The maximum absolute atomic E-state index is 12.8. The number of hydrogen-bond acceptors (Lipinski definition) is 8. The van der Waals surface area contributed by atoms with Gasteiger partial charge in [0.2, 0.25) is 0 Å². The normalized spacial score (nSPS) is 13.4. The van der Waals surface area contributed by atoms with Gasteiger partial charge in [0, 0.05) is 19.4 Å². The molecule has 0 aliphatic carbocycles. The molecule has 0 aromatic carbocycles. The van der Waals surface area contributed by atoms with Gasteiger partial charge >= 0.3 is 19.8 Å². The van der Waals surface area contributed by atoms with Crippen LogP contribution in [0.1, 0.15) is 373 Å². The molecule has 0 heterocycles. The molecule has 0 spiro atoms. The Hall–Kier alpha value is -3.07. The molecule has 2 unspecified atom stereocenters. The molecule has 0 aromatic heterocycles. The summed E-state index contributed by atoms with van der Waals surface area (Å²) in [7, 11) is -4.40. The Morgan fingerprint density at radius 3 is 0.901 bits per heavy atom. The number of phosphoric acid groups is 1. The van der Waals surface area contributed by atoms with Crippen LogP contribution in [0, 0.1) is 0 Å². The summed E-state index contributed by atoms with van der Waals surface area (Å²) in [6, 6.07) is 0. The highest BCUT2D eigenvalue weighted by Crippen LogP contribution is 2.43. The third-order valence-corrected chi connectivity index (χ3v) is 17.9. The molecule has 91 heavy (non-hydrogen) atoms. The van der Waals surface area contributed by atoms with Gasteiger partial charge in [-0.05, 0) is 96.3 Å². The van der Waals surface area contributed by atoms with Crippen molar-refractivity contribution in [3.63, 3.8) is 0 Å². The van der Waals surface area contributed by atoms with Gasteiger partial charge < -0.3 is 20.1 Å². The van der Waals surface area contributed by atoms with Crippen molar-refractivity contribution in [2.75, 3.05) is 26.4 Å². The Morgan fingerprint density at radius 1 is 0.341 bits per heavy atom. The summed E-state index contributed by atoms with van der Waals surface area (Å²) >= 11 is 0. The number of esters is 2. The lowest BCUT2D eigenvalue weighted by Gasteiger charge is -2.19. The highest BCUT2D eigenvalue weighted by molar-refractivity contribution is 7.47. The summed E-state index contributed by atoms with van der Waals surface area (Å²) in [6.07, 6.45) is 104. The van der Waals surface area contributed by atoms with Crippen LogP contribution in [0.15, 0.2) is 97.2 Å². The smallest absolute Gasteiger partial charge is 0.462 e. The van der Waals surface area contributed by atoms with Crippen molar-refractivity contribution in [3.8, 4) is 0 Å². The number of nitrogens with two attached hydrogens (primary N) is 1. The summed E-state index contributed by atoms with van der Waals surface area (Å²) < 4.78 is 33.3. The van der Waals surface area contributed by atoms with Gasteiger partial charge in [0.05, 0.1) is 13.2 Å². The van der Waals surface area contributed by atoms with Crippen LogP contribution in [-0.4, -0.2) is 49.3 Å². The predicted octanol–water partition coefficient (Wildman–Crippen LogP) is 25.9. The van der Waals surface area contributed by atoms with Crippen LogP contribution in [0.3, 0.4) is 0 Å². The molecule has 3 N–H and O–H groups in total. The van der Waals surface area contributed by atoms with E-state index in [9.17, 15) is 19.0 Å². The lowest BCUT2D eigenvalue weighted by molar-refractivity contribution is -0.161. The van der Waals surface area contributed by atoms with E-state index in [2.05, 4.69) is 111 Å². The zero-order valence-electron chi connectivity index (χ0n) is 59.6. The molecule has 0 fully saturated rings. The quantitative estimate of drug-likeness (QED) is 0.0264. The summed E-state index contributed by atoms with van der Waals surface area (Å²) in [5.41, 5.74) is 5.41. The van der Waals surface area contributed by atoms with E-state index in [-0.39, 0.29) is 38.6 Å². The first-order valence-electron chi connectivity index (χ1n) is 38.7. The standard InChI is InChI=1S/C81H146NO8P/c1-3-5-7-9-11-13-15-17-19-21-23-25-27-29-31-33-35-36-37-38-39-40-41-42-44-45-47-49-51-53-55-57-59-61-63-65-67-69-71-73-80(83)87-77-79(78-89-91(85,86)88-76-75-82)90-81(84)74-72-70-68-66-64-62-60-58-56-54-52-50-48-46-43-34-32-30-28-26-24-22-20-18-16-14-12-10-8-6-4-2/h6,8,12,14-15,17-18,20-21,23-24,26-27,29-30,32,79H,3-5,7,9-11,13,16,19,22,25,28,31,33-78,82H2,1-2H3,(H,85,86)/b8-6-,14-12-,17-15-,20-18-,23-21-,26-24-,29-27-,32-30-. The van der Waals surface area contributed by atoms with Gasteiger partial charge in [0.25, 0.3) is 0 Å². The van der Waals surface area contributed by atoms with Gasteiger partial charge in [-0.1, -0.05) is 361 Å². The van der Waals surface area contributed by atoms with E-state index in [1.807, 2.05) is 0 Å². The van der Waals surface area contributed by atoms with Crippen molar-refractivity contribution in [3.05, 3.63) is 97.2 Å². The minimum absolute atomic E-state index is 0.0525. The molecule has 0 saturated heterocycles. The molecule has 2 atom stereocenters. The molecule has 0 aliphatic rings. The van der Waals surface area contributed by atoms with Crippen LogP contribution in [0.2, 0.25) is 0 Å². The average molecular weight is 1290 g/mol. The number of unbranched alkanes of at least 4 members (excludes halogenated alkanes) is 44. The van der Waals surface area contributed by atoms with Crippen LogP contribution in [-0.2, 0) is 32.7 Å². The number of allylic oxidation sites excluding steroid dienone is 16. The lowest BCUT2D eigenvalue weighted by atomic mass is 10.0. The predicted molar refractivity (Wildman–Crippen MR) is 395 cm³/mol. The third-order valence-electron chi connectivity index (χ3n) is 17.0. The molecule has 0 aromatic rings. The number of carbonyl (C=O) groups excluding carboxylic acids is 2. The third kappa shape index (κ3) is 75.8. The zero-order chi connectivity index (χ0) is 65.8. The fraction of sp³-hybridized carbons (Fsp3) is 0.778. The Kier molecular flexibility index (Phi) is 73.4. The van der Waals surface area contributed by atoms with Crippen molar-refractivity contribution < 1.29 is 37.6 Å². The summed E-state index contributed by atoms with van der Waals surface area (Å²) in [4.78, 5) is 35.4. The highest BCUT2D eigenvalue weighted by Gasteiger charge is 2.26. The lowest BCUT2D eigenvalue weighted by Crippen LogP contribution is -2.29. The fourth-order valence-electron chi connectivity index (χ4n) is 11.3. The Labute approximate surface area is 563 Å². The first-order valence-corrected chi connectivity index (χ1v) is 40.2. The second kappa shape index (κ2) is 76.0. The van der Waals surface area contributed by atoms with E-state index in [0.29, 0.717) is 6.42 Å². The molecule has 10 heteroatoms. The molecule has 528 valence electrons. The molecule has 0 aliphatic heterocycles. The minimum atomic E-state index is -4.40. The zero-order valence-corrected chi connectivity index (χ0v) is 60.5. The molecular formula is C81H146NO8P. The largest absolute Gasteiger partial charge is 0.472 e. The number of hydrogen-bond donors (Lipinski definition) is 2. The van der Waals surface area contributed by atoms with E-state index < -0.39 is 26.5 Å². The first kappa shape index (κ1) is 87.9. The van der Waals surface area contributed by atoms with Gasteiger partial charge in [0.1, 0.15) is 6.61 Å². The topological polar surface area (TPSA) is 134 Å². The number of carbonyl (C=O) groups is 2. The van der Waals surface area contributed by atoms with Gasteiger partial charge in [0.15, 0.2) is 6.10 Å². The summed E-state index contributed by atoms with van der Waals surface area (Å²) in [5.74, 6) is -0.813. The average Bonchev–Trinajstić information content (AvgIpc) is 3.71. The Bertz CT molecular complexity index is 1820. The van der Waals surface area contributed by atoms with Gasteiger partial charge in [-0.15, -0.1) is 0 Å². The van der Waals surface area contributed by atoms with Gasteiger partial charge in [-0.2, -0.15) is 0 Å². The second-order valence-electron chi connectivity index (χ2n) is 25.8. The van der Waals surface area contributed by atoms with Gasteiger partial charge in [-0.3, -0.25) is 18.6 Å². The number of phosphoric ester groups is 1. The maximum Gasteiger partial charge on any atom is 0.472 e.